The Morgan fingerprint density at radius 1 is 1.33 bits per heavy atom. The third kappa shape index (κ3) is 5.04. The molecule has 21 heavy (non-hydrogen) atoms. The number of anilines is 2. The summed E-state index contributed by atoms with van der Waals surface area (Å²) >= 11 is 1.59. The number of rotatable bonds is 7. The van der Waals surface area contributed by atoms with Crippen LogP contribution in [0.1, 0.15) is 33.1 Å². The predicted octanol–water partition coefficient (Wildman–Crippen LogP) is 2.92. The molecule has 1 aromatic heterocycles. The summed E-state index contributed by atoms with van der Waals surface area (Å²) in [6.45, 7) is 8.78. The number of likely N-dealkylation sites (N-methyl/N-ethyl adjacent to an activating group) is 1. The van der Waals surface area contributed by atoms with E-state index < -0.39 is 0 Å². The maximum absolute atomic E-state index is 4.59. The summed E-state index contributed by atoms with van der Waals surface area (Å²) in [4.78, 5) is 11.6. The molecule has 0 aliphatic carbocycles. The van der Waals surface area contributed by atoms with Crippen molar-refractivity contribution in [2.45, 2.75) is 44.3 Å². The molecule has 2 heterocycles. The molecule has 6 heteroatoms. The molecule has 0 radical (unpaired) electrons. The molecule has 0 aromatic carbocycles. The second-order valence-electron chi connectivity index (χ2n) is 5.43. The molecular weight excluding hydrogens is 282 g/mol. The number of likely N-dealkylation sites (tertiary alicyclic amines) is 1. The van der Waals surface area contributed by atoms with Gasteiger partial charge in [0.2, 0.25) is 0 Å². The summed E-state index contributed by atoms with van der Waals surface area (Å²) < 4.78 is 0. The van der Waals surface area contributed by atoms with Crippen LogP contribution in [0.5, 0.6) is 0 Å². The number of piperidine rings is 1. The van der Waals surface area contributed by atoms with E-state index in [1.54, 1.807) is 11.8 Å². The highest BCUT2D eigenvalue weighted by Gasteiger charge is 2.19. The van der Waals surface area contributed by atoms with E-state index in [0.29, 0.717) is 6.04 Å². The SMILES string of the molecule is CCCNc1cc(NC2CCCN(CC)C2)nc(SC)n1. The third-order valence-electron chi connectivity index (χ3n) is 3.75. The van der Waals surface area contributed by atoms with Gasteiger partial charge in [-0.1, -0.05) is 25.6 Å². The van der Waals surface area contributed by atoms with E-state index in [1.165, 1.54) is 19.4 Å². The summed E-state index contributed by atoms with van der Waals surface area (Å²) in [7, 11) is 0. The van der Waals surface area contributed by atoms with Crippen molar-refractivity contribution in [1.29, 1.82) is 0 Å². The monoisotopic (exact) mass is 309 g/mol. The number of hydrogen-bond acceptors (Lipinski definition) is 6. The average Bonchev–Trinajstić information content (AvgIpc) is 2.52. The van der Waals surface area contributed by atoms with Gasteiger partial charge in [0.1, 0.15) is 11.6 Å². The Bertz CT molecular complexity index is 440. The van der Waals surface area contributed by atoms with Gasteiger partial charge in [0.05, 0.1) is 0 Å². The zero-order chi connectivity index (χ0) is 15.1. The highest BCUT2D eigenvalue weighted by atomic mass is 32.2. The van der Waals surface area contributed by atoms with Crippen LogP contribution >= 0.6 is 11.8 Å². The topological polar surface area (TPSA) is 53.1 Å². The van der Waals surface area contributed by atoms with Crippen LogP contribution in [0.2, 0.25) is 0 Å². The van der Waals surface area contributed by atoms with Crippen LogP contribution in [0.15, 0.2) is 11.2 Å². The largest absolute Gasteiger partial charge is 0.370 e. The highest BCUT2D eigenvalue weighted by molar-refractivity contribution is 7.98. The molecule has 2 N–H and O–H groups in total. The van der Waals surface area contributed by atoms with Crippen LogP contribution in [-0.4, -0.2) is 53.3 Å². The lowest BCUT2D eigenvalue weighted by Gasteiger charge is -2.32. The van der Waals surface area contributed by atoms with Crippen molar-refractivity contribution in [3.8, 4) is 0 Å². The summed E-state index contributed by atoms with van der Waals surface area (Å²) in [6.07, 6.45) is 5.58. The molecular formula is C15H27N5S. The molecule has 1 aliphatic heterocycles. The molecule has 0 amide bonds. The predicted molar refractivity (Wildman–Crippen MR) is 91.4 cm³/mol. The Hall–Kier alpha value is -1.01. The Kier molecular flexibility index (Phi) is 6.57. The van der Waals surface area contributed by atoms with Crippen LogP contribution in [0.25, 0.3) is 0 Å². The molecule has 1 aliphatic rings. The fourth-order valence-corrected chi connectivity index (χ4v) is 2.98. The minimum Gasteiger partial charge on any atom is -0.370 e. The molecule has 1 saturated heterocycles. The lowest BCUT2D eigenvalue weighted by atomic mass is 10.1. The van der Waals surface area contributed by atoms with Gasteiger partial charge in [-0.05, 0) is 38.6 Å². The Balaban J connectivity index is 2.03. The maximum Gasteiger partial charge on any atom is 0.191 e. The molecule has 1 aromatic rings. The van der Waals surface area contributed by atoms with Gasteiger partial charge in [0.25, 0.3) is 0 Å². The minimum absolute atomic E-state index is 0.488. The van der Waals surface area contributed by atoms with E-state index in [9.17, 15) is 0 Å². The average molecular weight is 309 g/mol. The fraction of sp³-hybridized carbons (Fsp3) is 0.733. The van der Waals surface area contributed by atoms with Crippen LogP contribution in [0.4, 0.5) is 11.6 Å². The summed E-state index contributed by atoms with van der Waals surface area (Å²) in [5, 5.41) is 7.76. The smallest absolute Gasteiger partial charge is 0.191 e. The molecule has 1 fully saturated rings. The van der Waals surface area contributed by atoms with Crippen LogP contribution in [0.3, 0.4) is 0 Å². The second-order valence-corrected chi connectivity index (χ2v) is 6.20. The number of aromatic nitrogens is 2. The van der Waals surface area contributed by atoms with Crippen molar-refractivity contribution in [2.24, 2.45) is 0 Å². The van der Waals surface area contributed by atoms with Crippen LogP contribution in [0, 0.1) is 0 Å². The molecule has 0 saturated carbocycles. The first-order valence-electron chi connectivity index (χ1n) is 7.91. The van der Waals surface area contributed by atoms with Crippen molar-refractivity contribution in [1.82, 2.24) is 14.9 Å². The minimum atomic E-state index is 0.488. The highest BCUT2D eigenvalue weighted by Crippen LogP contribution is 2.20. The van der Waals surface area contributed by atoms with E-state index in [2.05, 4.69) is 39.3 Å². The number of nitrogens with zero attached hydrogens (tertiary/aromatic N) is 3. The van der Waals surface area contributed by atoms with E-state index in [0.717, 1.165) is 42.8 Å². The summed E-state index contributed by atoms with van der Waals surface area (Å²) in [5.41, 5.74) is 0. The second kappa shape index (κ2) is 8.44. The van der Waals surface area contributed by atoms with Gasteiger partial charge in [0.15, 0.2) is 5.16 Å². The van der Waals surface area contributed by atoms with E-state index in [-0.39, 0.29) is 0 Å². The Labute approximate surface area is 132 Å². The van der Waals surface area contributed by atoms with E-state index >= 15 is 0 Å². The van der Waals surface area contributed by atoms with Gasteiger partial charge in [0, 0.05) is 25.2 Å². The molecule has 1 unspecified atom stereocenters. The first kappa shape index (κ1) is 16.4. The van der Waals surface area contributed by atoms with E-state index in [1.807, 2.05) is 12.3 Å². The van der Waals surface area contributed by atoms with Crippen LogP contribution in [-0.2, 0) is 0 Å². The van der Waals surface area contributed by atoms with Gasteiger partial charge in [-0.25, -0.2) is 9.97 Å². The third-order valence-corrected chi connectivity index (χ3v) is 4.30. The molecule has 1 atom stereocenters. The number of nitrogens with one attached hydrogen (secondary N) is 2. The number of thioether (sulfide) groups is 1. The standard InChI is InChI=1S/C15H27N5S/c1-4-8-16-13-10-14(19-15(18-13)21-3)17-12-7-6-9-20(5-2)11-12/h10,12H,4-9,11H2,1-3H3,(H2,16,17,18,19). The normalized spacial score (nSPS) is 19.5. The maximum atomic E-state index is 4.59. The number of hydrogen-bond donors (Lipinski definition) is 2. The zero-order valence-electron chi connectivity index (χ0n) is 13.4. The lowest BCUT2D eigenvalue weighted by molar-refractivity contribution is 0.226. The lowest BCUT2D eigenvalue weighted by Crippen LogP contribution is -2.42. The quantitative estimate of drug-likeness (QED) is 0.597. The molecule has 5 nitrogen and oxygen atoms in total. The van der Waals surface area contributed by atoms with Gasteiger partial charge in [-0.3, -0.25) is 0 Å². The van der Waals surface area contributed by atoms with Crippen molar-refractivity contribution in [2.75, 3.05) is 43.1 Å². The van der Waals surface area contributed by atoms with Gasteiger partial charge in [-0.2, -0.15) is 0 Å². The van der Waals surface area contributed by atoms with Crippen molar-refractivity contribution in [3.63, 3.8) is 0 Å². The van der Waals surface area contributed by atoms with Crippen LogP contribution < -0.4 is 10.6 Å². The van der Waals surface area contributed by atoms with Crippen molar-refractivity contribution < 1.29 is 0 Å². The van der Waals surface area contributed by atoms with Gasteiger partial charge >= 0.3 is 0 Å². The van der Waals surface area contributed by atoms with Gasteiger partial charge < -0.3 is 15.5 Å². The molecule has 0 bridgehead atoms. The van der Waals surface area contributed by atoms with Crippen molar-refractivity contribution >= 4 is 23.4 Å². The fourth-order valence-electron chi connectivity index (χ4n) is 2.60. The summed E-state index contributed by atoms with van der Waals surface area (Å²) in [5.74, 6) is 1.86. The van der Waals surface area contributed by atoms with E-state index in [4.69, 9.17) is 0 Å². The Morgan fingerprint density at radius 3 is 2.86 bits per heavy atom. The molecule has 2 rings (SSSR count). The first-order valence-corrected chi connectivity index (χ1v) is 9.13. The Morgan fingerprint density at radius 2 is 2.14 bits per heavy atom. The molecule has 118 valence electrons. The van der Waals surface area contributed by atoms with Gasteiger partial charge in [-0.15, -0.1) is 0 Å². The zero-order valence-corrected chi connectivity index (χ0v) is 14.2. The molecule has 0 spiro atoms. The first-order chi connectivity index (χ1) is 10.2. The summed E-state index contributed by atoms with van der Waals surface area (Å²) in [6, 6.07) is 2.52. The van der Waals surface area contributed by atoms with Crippen molar-refractivity contribution in [3.05, 3.63) is 6.07 Å².